The van der Waals surface area contributed by atoms with Crippen LogP contribution in [0.3, 0.4) is 0 Å². The maximum atomic E-state index is 12.5. The van der Waals surface area contributed by atoms with Crippen LogP contribution in [0, 0.1) is 11.3 Å². The van der Waals surface area contributed by atoms with Crippen molar-refractivity contribution in [1.29, 1.82) is 5.26 Å². The smallest absolute Gasteiger partial charge is 0.264 e. The van der Waals surface area contributed by atoms with Gasteiger partial charge in [0.15, 0.2) is 0 Å². The van der Waals surface area contributed by atoms with E-state index in [1.165, 1.54) is 0 Å². The normalized spacial score (nSPS) is 15.2. The summed E-state index contributed by atoms with van der Waals surface area (Å²) in [5, 5.41) is 10.1. The molecule has 1 amide bonds. The van der Waals surface area contributed by atoms with Gasteiger partial charge in [0.1, 0.15) is 11.6 Å². The number of benzene rings is 1. The molecule has 6 heteroatoms. The number of carbonyl (C=O) groups excluding carboxylic acids is 1. The van der Waals surface area contributed by atoms with E-state index < -0.39 is 0 Å². The van der Waals surface area contributed by atoms with Crippen molar-refractivity contribution < 1.29 is 9.53 Å². The van der Waals surface area contributed by atoms with E-state index in [9.17, 15) is 10.1 Å². The Balaban J connectivity index is 1.89. The van der Waals surface area contributed by atoms with E-state index in [1.807, 2.05) is 41.1 Å². The number of carbonyl (C=O) groups is 1. The predicted octanol–water partition coefficient (Wildman–Crippen LogP) is 2.90. The maximum absolute atomic E-state index is 12.5. The third-order valence-corrected chi connectivity index (χ3v) is 4.08. The average molecular weight is 342 g/mol. The Labute approximate surface area is 145 Å². The summed E-state index contributed by atoms with van der Waals surface area (Å²) < 4.78 is 7.15. The lowest BCUT2D eigenvalue weighted by atomic mass is 10.2. The zero-order chi connectivity index (χ0) is 16.9. The molecule has 1 fully saturated rings. The van der Waals surface area contributed by atoms with Crippen LogP contribution in [0.15, 0.2) is 48.2 Å². The Morgan fingerprint density at radius 1 is 1.21 bits per heavy atom. The van der Waals surface area contributed by atoms with E-state index in [0.717, 1.165) is 11.4 Å². The third kappa shape index (κ3) is 3.51. The molecular formula is C18H16ClN3O2. The van der Waals surface area contributed by atoms with Crippen molar-refractivity contribution in [2.75, 3.05) is 26.3 Å². The number of aromatic nitrogens is 1. The van der Waals surface area contributed by atoms with Gasteiger partial charge in [-0.3, -0.25) is 4.79 Å². The van der Waals surface area contributed by atoms with Gasteiger partial charge in [-0.2, -0.15) is 5.26 Å². The second-order valence-electron chi connectivity index (χ2n) is 5.35. The lowest BCUT2D eigenvalue weighted by molar-refractivity contribution is -0.130. The zero-order valence-corrected chi connectivity index (χ0v) is 13.7. The molecule has 0 radical (unpaired) electrons. The van der Waals surface area contributed by atoms with Crippen molar-refractivity contribution >= 4 is 23.6 Å². The highest BCUT2D eigenvalue weighted by Gasteiger charge is 2.21. The molecular weight excluding hydrogens is 326 g/mol. The summed E-state index contributed by atoms with van der Waals surface area (Å²) in [4.78, 5) is 14.1. The monoisotopic (exact) mass is 341 g/mol. The minimum atomic E-state index is -0.260. The zero-order valence-electron chi connectivity index (χ0n) is 13.0. The summed E-state index contributed by atoms with van der Waals surface area (Å²) >= 11 is 5.92. The lowest BCUT2D eigenvalue weighted by Gasteiger charge is -2.26. The highest BCUT2D eigenvalue weighted by molar-refractivity contribution is 6.30. The first-order chi connectivity index (χ1) is 11.7. The van der Waals surface area contributed by atoms with Gasteiger partial charge in [0.05, 0.1) is 13.2 Å². The van der Waals surface area contributed by atoms with Crippen LogP contribution in [0.2, 0.25) is 5.02 Å². The summed E-state index contributed by atoms with van der Waals surface area (Å²) in [6, 6.07) is 13.1. The van der Waals surface area contributed by atoms with Gasteiger partial charge in [-0.05, 0) is 42.5 Å². The van der Waals surface area contributed by atoms with Gasteiger partial charge in [-0.25, -0.2) is 0 Å². The van der Waals surface area contributed by atoms with Crippen LogP contribution in [0.1, 0.15) is 5.69 Å². The number of hydrogen-bond acceptors (Lipinski definition) is 3. The quantitative estimate of drug-likeness (QED) is 0.637. The van der Waals surface area contributed by atoms with Gasteiger partial charge in [0.2, 0.25) is 0 Å². The van der Waals surface area contributed by atoms with Crippen molar-refractivity contribution in [2.24, 2.45) is 0 Å². The summed E-state index contributed by atoms with van der Waals surface area (Å²) in [6.07, 6.45) is 3.50. The van der Waals surface area contributed by atoms with Crippen molar-refractivity contribution in [2.45, 2.75) is 0 Å². The van der Waals surface area contributed by atoms with E-state index in [-0.39, 0.29) is 11.5 Å². The number of rotatable bonds is 3. The Bertz CT molecular complexity index is 796. The summed E-state index contributed by atoms with van der Waals surface area (Å²) in [5.41, 5.74) is 1.79. The molecule has 2 aromatic rings. The molecule has 0 unspecified atom stereocenters. The molecule has 1 aliphatic heterocycles. The fourth-order valence-corrected chi connectivity index (χ4v) is 2.70. The Hall–Kier alpha value is -2.55. The second kappa shape index (κ2) is 7.35. The molecule has 3 rings (SSSR count). The molecule has 0 bridgehead atoms. The molecule has 0 atom stereocenters. The van der Waals surface area contributed by atoms with Crippen LogP contribution < -0.4 is 0 Å². The number of amides is 1. The largest absolute Gasteiger partial charge is 0.378 e. The molecule has 5 nitrogen and oxygen atoms in total. The van der Waals surface area contributed by atoms with Crippen LogP contribution in [-0.4, -0.2) is 41.7 Å². The van der Waals surface area contributed by atoms with E-state index in [2.05, 4.69) is 0 Å². The fourth-order valence-electron chi connectivity index (χ4n) is 2.58. The number of ether oxygens (including phenoxy) is 1. The SMILES string of the molecule is N#CC(=Cc1cccn1-c1ccc(Cl)cc1)C(=O)N1CCOCC1. The number of nitrogens with zero attached hydrogens (tertiary/aromatic N) is 3. The van der Waals surface area contributed by atoms with Gasteiger partial charge in [-0.1, -0.05) is 11.6 Å². The molecule has 0 N–H and O–H groups in total. The maximum Gasteiger partial charge on any atom is 0.264 e. The minimum absolute atomic E-state index is 0.116. The van der Waals surface area contributed by atoms with Crippen LogP contribution in [0.4, 0.5) is 0 Å². The molecule has 1 saturated heterocycles. The highest BCUT2D eigenvalue weighted by atomic mass is 35.5. The number of morpholine rings is 1. The molecule has 0 spiro atoms. The highest BCUT2D eigenvalue weighted by Crippen LogP contribution is 2.18. The minimum Gasteiger partial charge on any atom is -0.378 e. The van der Waals surface area contributed by atoms with Gasteiger partial charge >= 0.3 is 0 Å². The van der Waals surface area contributed by atoms with E-state index in [1.54, 1.807) is 23.1 Å². The molecule has 0 saturated carbocycles. The number of halogens is 1. The number of nitriles is 1. The first-order valence-corrected chi connectivity index (χ1v) is 7.99. The molecule has 1 aromatic carbocycles. The Kier molecular flexibility index (Phi) is 4.99. The van der Waals surface area contributed by atoms with E-state index in [4.69, 9.17) is 16.3 Å². The lowest BCUT2D eigenvalue weighted by Crippen LogP contribution is -2.41. The van der Waals surface area contributed by atoms with Gasteiger partial charge < -0.3 is 14.2 Å². The second-order valence-corrected chi connectivity index (χ2v) is 5.79. The predicted molar refractivity (Wildman–Crippen MR) is 91.8 cm³/mol. The molecule has 0 aliphatic carbocycles. The Morgan fingerprint density at radius 3 is 2.58 bits per heavy atom. The standard InChI is InChI=1S/C18H16ClN3O2/c19-15-3-5-16(6-4-15)22-7-1-2-17(22)12-14(13-20)18(23)21-8-10-24-11-9-21/h1-7,12H,8-11H2. The van der Waals surface area contributed by atoms with E-state index >= 15 is 0 Å². The first kappa shape index (κ1) is 16.3. The van der Waals surface area contributed by atoms with E-state index in [0.29, 0.717) is 31.3 Å². The van der Waals surface area contributed by atoms with Gasteiger partial charge in [0, 0.05) is 35.7 Å². The van der Waals surface area contributed by atoms with Crippen molar-refractivity contribution in [3.63, 3.8) is 0 Å². The van der Waals surface area contributed by atoms with Crippen molar-refractivity contribution in [1.82, 2.24) is 9.47 Å². The molecule has 24 heavy (non-hydrogen) atoms. The molecule has 2 heterocycles. The van der Waals surface area contributed by atoms with Crippen LogP contribution >= 0.6 is 11.6 Å². The Morgan fingerprint density at radius 2 is 1.92 bits per heavy atom. The summed E-state index contributed by atoms with van der Waals surface area (Å²) in [5.74, 6) is -0.260. The first-order valence-electron chi connectivity index (χ1n) is 7.61. The average Bonchev–Trinajstić information content (AvgIpc) is 3.08. The third-order valence-electron chi connectivity index (χ3n) is 3.83. The van der Waals surface area contributed by atoms with Crippen LogP contribution in [0.25, 0.3) is 11.8 Å². The molecule has 1 aromatic heterocycles. The fraction of sp³-hybridized carbons (Fsp3) is 0.222. The number of hydrogen-bond donors (Lipinski definition) is 0. The van der Waals surface area contributed by atoms with Crippen LogP contribution in [0.5, 0.6) is 0 Å². The summed E-state index contributed by atoms with van der Waals surface area (Å²) in [6.45, 7) is 2.03. The van der Waals surface area contributed by atoms with Crippen LogP contribution in [-0.2, 0) is 9.53 Å². The summed E-state index contributed by atoms with van der Waals surface area (Å²) in [7, 11) is 0. The van der Waals surface area contributed by atoms with Crippen molar-refractivity contribution in [3.05, 3.63) is 58.9 Å². The molecule has 1 aliphatic rings. The molecule has 122 valence electrons. The van der Waals surface area contributed by atoms with Crippen molar-refractivity contribution in [3.8, 4) is 11.8 Å². The topological polar surface area (TPSA) is 58.3 Å². The van der Waals surface area contributed by atoms with Gasteiger partial charge in [-0.15, -0.1) is 0 Å². The van der Waals surface area contributed by atoms with Gasteiger partial charge in [0.25, 0.3) is 5.91 Å².